The van der Waals surface area contributed by atoms with Gasteiger partial charge in [0, 0.05) is 13.1 Å². The second kappa shape index (κ2) is 4.91. The molecular formula is C8H15NO5S. The van der Waals surface area contributed by atoms with Gasteiger partial charge in [-0.15, -0.1) is 0 Å². The first-order valence-electron chi connectivity index (χ1n) is 4.68. The number of rotatable bonds is 3. The van der Waals surface area contributed by atoms with Crippen molar-refractivity contribution in [3.8, 4) is 0 Å². The van der Waals surface area contributed by atoms with Crippen LogP contribution in [0.3, 0.4) is 0 Å². The number of aliphatic hydroxyl groups is 1. The number of esters is 1. The molecule has 1 aliphatic rings. The summed E-state index contributed by atoms with van der Waals surface area (Å²) in [5.74, 6) is -1.44. The molecule has 0 radical (unpaired) electrons. The minimum absolute atomic E-state index is 0.0688. The van der Waals surface area contributed by atoms with Gasteiger partial charge in [-0.05, 0) is 12.8 Å². The molecule has 7 heteroatoms. The summed E-state index contributed by atoms with van der Waals surface area (Å²) < 4.78 is 28.7. The second-order valence-corrected chi connectivity index (χ2v) is 5.46. The van der Waals surface area contributed by atoms with Crippen molar-refractivity contribution in [2.24, 2.45) is 0 Å². The molecule has 0 saturated carbocycles. The van der Waals surface area contributed by atoms with Crippen molar-refractivity contribution in [1.82, 2.24) is 4.31 Å². The molecule has 0 aromatic carbocycles. The Morgan fingerprint density at radius 2 is 2.27 bits per heavy atom. The van der Waals surface area contributed by atoms with Gasteiger partial charge < -0.3 is 9.84 Å². The van der Waals surface area contributed by atoms with Gasteiger partial charge in [-0.3, -0.25) is 4.79 Å². The number of hydrogen-bond donors (Lipinski definition) is 1. The van der Waals surface area contributed by atoms with E-state index in [0.717, 1.165) is 11.4 Å². The summed E-state index contributed by atoms with van der Waals surface area (Å²) in [4.78, 5) is 10.9. The van der Waals surface area contributed by atoms with Crippen LogP contribution in [0.25, 0.3) is 0 Å². The number of sulfonamides is 1. The predicted octanol–water partition coefficient (Wildman–Crippen LogP) is -1.05. The topological polar surface area (TPSA) is 83.9 Å². The molecule has 1 N–H and O–H groups in total. The maximum Gasteiger partial charge on any atom is 0.322 e. The maximum absolute atomic E-state index is 11.6. The van der Waals surface area contributed by atoms with Gasteiger partial charge in [0.2, 0.25) is 10.0 Å². The summed E-state index contributed by atoms with van der Waals surface area (Å²) in [5, 5.41) is 9.31. The lowest BCUT2D eigenvalue weighted by atomic mass is 10.1. The number of piperidine rings is 1. The number of aliphatic hydroxyl groups excluding tert-OH is 1. The largest absolute Gasteiger partial charge is 0.468 e. The molecular weight excluding hydrogens is 222 g/mol. The Balaban J connectivity index is 2.64. The molecule has 0 bridgehead atoms. The lowest BCUT2D eigenvalue weighted by Crippen LogP contribution is -2.44. The standard InChI is InChI=1S/C8H15NO5S/c1-14-8(11)6-15(12,13)9-4-2-3-7(10)5-9/h7,10H,2-6H2,1H3/t7-/m0/s1. The van der Waals surface area contributed by atoms with Crippen molar-refractivity contribution in [1.29, 1.82) is 0 Å². The molecule has 1 atom stereocenters. The highest BCUT2D eigenvalue weighted by Gasteiger charge is 2.29. The van der Waals surface area contributed by atoms with Crippen LogP contribution in [-0.4, -0.2) is 55.9 Å². The summed E-state index contributed by atoms with van der Waals surface area (Å²) in [5.41, 5.74) is 0. The highest BCUT2D eigenvalue weighted by atomic mass is 32.2. The smallest absolute Gasteiger partial charge is 0.322 e. The Morgan fingerprint density at radius 3 is 2.80 bits per heavy atom. The molecule has 0 unspecified atom stereocenters. The Morgan fingerprint density at radius 1 is 1.60 bits per heavy atom. The quantitative estimate of drug-likeness (QED) is 0.633. The van der Waals surface area contributed by atoms with E-state index in [4.69, 9.17) is 0 Å². The van der Waals surface area contributed by atoms with Gasteiger partial charge in [-0.25, -0.2) is 8.42 Å². The minimum Gasteiger partial charge on any atom is -0.468 e. The zero-order valence-electron chi connectivity index (χ0n) is 8.55. The summed E-state index contributed by atoms with van der Waals surface area (Å²) >= 11 is 0. The fourth-order valence-corrected chi connectivity index (χ4v) is 2.88. The van der Waals surface area contributed by atoms with Crippen LogP contribution < -0.4 is 0 Å². The molecule has 6 nitrogen and oxygen atoms in total. The second-order valence-electron chi connectivity index (χ2n) is 3.49. The van der Waals surface area contributed by atoms with Crippen LogP contribution in [0.2, 0.25) is 0 Å². The van der Waals surface area contributed by atoms with Crippen molar-refractivity contribution < 1.29 is 23.1 Å². The molecule has 0 spiro atoms. The number of carbonyl (C=O) groups excluding carboxylic acids is 1. The predicted molar refractivity (Wildman–Crippen MR) is 52.6 cm³/mol. The fourth-order valence-electron chi connectivity index (χ4n) is 1.47. The molecule has 1 saturated heterocycles. The molecule has 15 heavy (non-hydrogen) atoms. The van der Waals surface area contributed by atoms with E-state index < -0.39 is 27.8 Å². The normalized spacial score (nSPS) is 23.7. The average Bonchev–Trinajstić information content (AvgIpc) is 2.17. The fraction of sp³-hybridized carbons (Fsp3) is 0.875. The van der Waals surface area contributed by atoms with Crippen molar-refractivity contribution in [3.05, 3.63) is 0 Å². The number of β-amino-alcohol motifs (C(OH)–C–C–N with tert-alkyl or cyclic N) is 1. The summed E-state index contributed by atoms with van der Waals surface area (Å²) in [6.07, 6.45) is 0.581. The number of methoxy groups -OCH3 is 1. The van der Waals surface area contributed by atoms with E-state index in [0.29, 0.717) is 19.4 Å². The molecule has 88 valence electrons. The van der Waals surface area contributed by atoms with Gasteiger partial charge in [-0.1, -0.05) is 0 Å². The van der Waals surface area contributed by atoms with E-state index in [-0.39, 0.29) is 6.54 Å². The minimum atomic E-state index is -3.63. The number of ether oxygens (including phenoxy) is 1. The third kappa shape index (κ3) is 3.44. The SMILES string of the molecule is COC(=O)CS(=O)(=O)N1CCC[C@H](O)C1. The summed E-state index contributed by atoms with van der Waals surface area (Å²) in [6.45, 7) is 0.426. The third-order valence-corrected chi connectivity index (χ3v) is 4.00. The van der Waals surface area contributed by atoms with Gasteiger partial charge in [0.25, 0.3) is 0 Å². The number of carbonyl (C=O) groups is 1. The molecule has 0 aromatic rings. The van der Waals surface area contributed by atoms with Crippen LogP contribution in [0.15, 0.2) is 0 Å². The van der Waals surface area contributed by atoms with Gasteiger partial charge in [0.15, 0.2) is 5.75 Å². The van der Waals surface area contributed by atoms with Gasteiger partial charge in [0.1, 0.15) is 0 Å². The molecule has 0 amide bonds. The first kappa shape index (κ1) is 12.4. The number of nitrogens with zero attached hydrogens (tertiary/aromatic N) is 1. The van der Waals surface area contributed by atoms with E-state index in [2.05, 4.69) is 4.74 Å². The molecule has 0 aliphatic carbocycles. The Bertz CT molecular complexity index is 326. The van der Waals surface area contributed by atoms with E-state index >= 15 is 0 Å². The highest BCUT2D eigenvalue weighted by Crippen LogP contribution is 2.14. The molecule has 0 aromatic heterocycles. The molecule has 1 heterocycles. The van der Waals surface area contributed by atoms with E-state index in [1.54, 1.807) is 0 Å². The Hall–Kier alpha value is -0.660. The Labute approximate surface area is 88.9 Å². The molecule has 1 aliphatic heterocycles. The summed E-state index contributed by atoms with van der Waals surface area (Å²) in [6, 6.07) is 0. The third-order valence-electron chi connectivity index (χ3n) is 2.28. The monoisotopic (exact) mass is 237 g/mol. The van der Waals surface area contributed by atoms with Crippen LogP contribution in [0.5, 0.6) is 0 Å². The zero-order chi connectivity index (χ0) is 11.5. The van der Waals surface area contributed by atoms with Crippen molar-refractivity contribution in [3.63, 3.8) is 0 Å². The van der Waals surface area contributed by atoms with Crippen LogP contribution in [0.4, 0.5) is 0 Å². The van der Waals surface area contributed by atoms with Gasteiger partial charge in [-0.2, -0.15) is 4.31 Å². The maximum atomic E-state index is 11.6. The van der Waals surface area contributed by atoms with Crippen molar-refractivity contribution >= 4 is 16.0 Å². The average molecular weight is 237 g/mol. The van der Waals surface area contributed by atoms with Gasteiger partial charge in [0.05, 0.1) is 13.2 Å². The van der Waals surface area contributed by atoms with Gasteiger partial charge >= 0.3 is 5.97 Å². The van der Waals surface area contributed by atoms with Crippen LogP contribution in [0.1, 0.15) is 12.8 Å². The lowest BCUT2D eigenvalue weighted by Gasteiger charge is -2.28. The Kier molecular flexibility index (Phi) is 4.06. The highest BCUT2D eigenvalue weighted by molar-refractivity contribution is 7.89. The molecule has 1 rings (SSSR count). The first-order valence-corrected chi connectivity index (χ1v) is 6.29. The van der Waals surface area contributed by atoms with Crippen LogP contribution >= 0.6 is 0 Å². The van der Waals surface area contributed by atoms with E-state index in [1.165, 1.54) is 0 Å². The van der Waals surface area contributed by atoms with E-state index in [9.17, 15) is 18.3 Å². The van der Waals surface area contributed by atoms with Crippen LogP contribution in [0, 0.1) is 0 Å². The van der Waals surface area contributed by atoms with Crippen LogP contribution in [-0.2, 0) is 19.6 Å². The zero-order valence-corrected chi connectivity index (χ0v) is 9.37. The van der Waals surface area contributed by atoms with Crippen molar-refractivity contribution in [2.45, 2.75) is 18.9 Å². The first-order chi connectivity index (χ1) is 6.95. The van der Waals surface area contributed by atoms with Crippen molar-refractivity contribution in [2.75, 3.05) is 26.0 Å². The molecule has 1 fully saturated rings. The summed E-state index contributed by atoms with van der Waals surface area (Å²) in [7, 11) is -2.49. The lowest BCUT2D eigenvalue weighted by molar-refractivity contribution is -0.137. The number of hydrogen-bond acceptors (Lipinski definition) is 5. The van der Waals surface area contributed by atoms with E-state index in [1.807, 2.05) is 0 Å².